The third-order valence-electron chi connectivity index (χ3n) is 5.22. The van der Waals surface area contributed by atoms with Crippen LogP contribution in [0.3, 0.4) is 0 Å². The van der Waals surface area contributed by atoms with Crippen molar-refractivity contribution in [1.29, 1.82) is 15.8 Å². The van der Waals surface area contributed by atoms with E-state index in [-0.39, 0.29) is 5.69 Å². The van der Waals surface area contributed by atoms with Gasteiger partial charge in [-0.15, -0.1) is 0 Å². The zero-order valence-corrected chi connectivity index (χ0v) is 16.5. The second-order valence-electron chi connectivity index (χ2n) is 6.99. The molecular formula is C27H16N4. The minimum Gasteiger partial charge on any atom is -0.397 e. The third-order valence-corrected chi connectivity index (χ3v) is 5.22. The molecule has 0 bridgehead atoms. The number of nitrogens with two attached hydrogens (primary N) is 1. The van der Waals surface area contributed by atoms with Crippen molar-refractivity contribution in [3.8, 4) is 51.6 Å². The maximum Gasteiger partial charge on any atom is 0.102 e. The molecule has 4 rings (SSSR count). The Morgan fingerprint density at radius 1 is 0.516 bits per heavy atom. The first-order valence-corrected chi connectivity index (χ1v) is 9.59. The lowest BCUT2D eigenvalue weighted by molar-refractivity contribution is 1.44. The molecule has 31 heavy (non-hydrogen) atoms. The fourth-order valence-corrected chi connectivity index (χ4v) is 3.60. The maximum atomic E-state index is 9.76. The molecule has 0 radical (unpaired) electrons. The molecule has 4 heteroatoms. The van der Waals surface area contributed by atoms with Gasteiger partial charge in [-0.3, -0.25) is 0 Å². The van der Waals surface area contributed by atoms with Crippen molar-refractivity contribution >= 4 is 5.69 Å². The summed E-state index contributed by atoms with van der Waals surface area (Å²) in [7, 11) is 0. The lowest BCUT2D eigenvalue weighted by Gasteiger charge is -2.14. The van der Waals surface area contributed by atoms with Gasteiger partial charge in [-0.05, 0) is 40.5 Å². The Balaban J connectivity index is 1.84. The minimum atomic E-state index is 0.192. The summed E-state index contributed by atoms with van der Waals surface area (Å²) in [5.74, 6) is 0. The van der Waals surface area contributed by atoms with Crippen LogP contribution in [0, 0.1) is 34.0 Å². The molecule has 4 nitrogen and oxygen atoms in total. The number of nitriles is 3. The molecule has 2 N–H and O–H groups in total. The average molecular weight is 396 g/mol. The molecule has 0 saturated carbocycles. The summed E-state index contributed by atoms with van der Waals surface area (Å²) in [6, 6.07) is 33.0. The molecule has 0 fully saturated rings. The molecule has 144 valence electrons. The minimum absolute atomic E-state index is 0.192. The Labute approximate surface area is 180 Å². The fourth-order valence-electron chi connectivity index (χ4n) is 3.60. The highest BCUT2D eigenvalue weighted by atomic mass is 14.6. The summed E-state index contributed by atoms with van der Waals surface area (Å²) in [5, 5.41) is 28.4. The summed E-state index contributed by atoms with van der Waals surface area (Å²) < 4.78 is 0. The van der Waals surface area contributed by atoms with E-state index in [2.05, 4.69) is 18.2 Å². The fraction of sp³-hybridized carbons (Fsp3) is 0. The number of hydrogen-bond acceptors (Lipinski definition) is 4. The molecule has 0 saturated heterocycles. The van der Waals surface area contributed by atoms with Crippen molar-refractivity contribution in [1.82, 2.24) is 0 Å². The summed E-state index contributed by atoms with van der Waals surface area (Å²) in [4.78, 5) is 0. The molecule has 0 atom stereocenters. The quantitative estimate of drug-likeness (QED) is 0.437. The molecular weight excluding hydrogens is 380 g/mol. The topological polar surface area (TPSA) is 97.4 Å². The number of anilines is 1. The molecule has 0 amide bonds. The first-order valence-electron chi connectivity index (χ1n) is 9.59. The highest BCUT2D eigenvalue weighted by Crippen LogP contribution is 2.37. The van der Waals surface area contributed by atoms with Crippen LogP contribution in [0.1, 0.15) is 16.7 Å². The van der Waals surface area contributed by atoms with E-state index in [0.29, 0.717) is 27.8 Å². The smallest absolute Gasteiger partial charge is 0.102 e. The number of rotatable bonds is 3. The summed E-state index contributed by atoms with van der Waals surface area (Å²) >= 11 is 0. The van der Waals surface area contributed by atoms with Crippen molar-refractivity contribution in [2.75, 3.05) is 5.73 Å². The summed E-state index contributed by atoms with van der Waals surface area (Å²) in [6.07, 6.45) is 0. The Kier molecular flexibility index (Phi) is 5.18. The van der Waals surface area contributed by atoms with Crippen LogP contribution in [-0.4, -0.2) is 0 Å². The van der Waals surface area contributed by atoms with Crippen LogP contribution < -0.4 is 5.73 Å². The van der Waals surface area contributed by atoms with Crippen molar-refractivity contribution in [2.45, 2.75) is 0 Å². The van der Waals surface area contributed by atoms with E-state index >= 15 is 0 Å². The highest BCUT2D eigenvalue weighted by molar-refractivity contribution is 5.89. The predicted octanol–water partition coefficient (Wildman–Crippen LogP) is 5.88. The van der Waals surface area contributed by atoms with Gasteiger partial charge in [-0.25, -0.2) is 0 Å². The van der Waals surface area contributed by atoms with Gasteiger partial charge in [-0.1, -0.05) is 66.7 Å². The van der Waals surface area contributed by atoms with Crippen LogP contribution in [0.25, 0.3) is 33.4 Å². The van der Waals surface area contributed by atoms with E-state index in [1.165, 1.54) is 0 Å². The maximum absolute atomic E-state index is 9.76. The van der Waals surface area contributed by atoms with Gasteiger partial charge in [-0.2, -0.15) is 15.8 Å². The lowest BCUT2D eigenvalue weighted by atomic mass is 9.89. The van der Waals surface area contributed by atoms with Crippen LogP contribution in [0.2, 0.25) is 0 Å². The van der Waals surface area contributed by atoms with Gasteiger partial charge in [0.1, 0.15) is 12.1 Å². The molecule has 0 aliphatic heterocycles. The highest BCUT2D eigenvalue weighted by Gasteiger charge is 2.18. The molecule has 4 aromatic carbocycles. The molecule has 0 spiro atoms. The Morgan fingerprint density at radius 3 is 1.45 bits per heavy atom. The SMILES string of the molecule is N#Cc1ccc(-c2ccc(-c3cc(-c4ccccc4)c(C#N)c(N)c3C#N)cc2)cc1. The second kappa shape index (κ2) is 8.26. The van der Waals surface area contributed by atoms with Gasteiger partial charge in [0.05, 0.1) is 28.4 Å². The normalized spacial score (nSPS) is 9.97. The van der Waals surface area contributed by atoms with Crippen LogP contribution in [0.4, 0.5) is 5.69 Å². The van der Waals surface area contributed by atoms with E-state index in [1.807, 2.05) is 72.8 Å². The van der Waals surface area contributed by atoms with Gasteiger partial charge in [0.2, 0.25) is 0 Å². The summed E-state index contributed by atoms with van der Waals surface area (Å²) in [6.45, 7) is 0. The molecule has 0 heterocycles. The first kappa shape index (κ1) is 19.5. The second-order valence-corrected chi connectivity index (χ2v) is 6.99. The van der Waals surface area contributed by atoms with E-state index in [1.54, 1.807) is 12.1 Å². The third kappa shape index (κ3) is 3.60. The van der Waals surface area contributed by atoms with Gasteiger partial charge in [0.15, 0.2) is 0 Å². The standard InChI is InChI=1S/C27H16N4/c28-15-18-6-8-19(9-7-18)20-10-12-22(13-11-20)24-14-23(21-4-2-1-3-5-21)25(16-29)27(31)26(24)17-30/h1-14H,31H2. The average Bonchev–Trinajstić information content (AvgIpc) is 2.84. The number of hydrogen-bond donors (Lipinski definition) is 1. The van der Waals surface area contributed by atoms with Crippen molar-refractivity contribution in [2.24, 2.45) is 0 Å². The van der Waals surface area contributed by atoms with Gasteiger partial charge in [0, 0.05) is 11.1 Å². The zero-order chi connectivity index (χ0) is 21.8. The van der Waals surface area contributed by atoms with Gasteiger partial charge < -0.3 is 5.73 Å². The predicted molar refractivity (Wildman–Crippen MR) is 121 cm³/mol. The Bertz CT molecular complexity index is 1380. The number of benzene rings is 4. The van der Waals surface area contributed by atoms with E-state index in [0.717, 1.165) is 22.3 Å². The zero-order valence-electron chi connectivity index (χ0n) is 16.5. The van der Waals surface area contributed by atoms with Crippen LogP contribution in [0.15, 0.2) is 84.9 Å². The summed E-state index contributed by atoms with van der Waals surface area (Å²) in [5.41, 5.74) is 12.7. The molecule has 4 aromatic rings. The molecule has 0 unspecified atom stereocenters. The van der Waals surface area contributed by atoms with Crippen molar-refractivity contribution < 1.29 is 0 Å². The Hall–Kier alpha value is -4.85. The van der Waals surface area contributed by atoms with E-state index in [9.17, 15) is 10.5 Å². The van der Waals surface area contributed by atoms with Crippen molar-refractivity contribution in [3.63, 3.8) is 0 Å². The molecule has 0 aromatic heterocycles. The van der Waals surface area contributed by atoms with Crippen LogP contribution in [0.5, 0.6) is 0 Å². The molecule has 0 aliphatic rings. The number of nitrogens with zero attached hydrogens (tertiary/aromatic N) is 3. The number of nitrogen functional groups attached to an aromatic ring is 1. The van der Waals surface area contributed by atoms with Crippen molar-refractivity contribution in [3.05, 3.63) is 102 Å². The van der Waals surface area contributed by atoms with E-state index < -0.39 is 0 Å². The van der Waals surface area contributed by atoms with E-state index in [4.69, 9.17) is 11.0 Å². The molecule has 0 aliphatic carbocycles. The lowest BCUT2D eigenvalue weighted by Crippen LogP contribution is -2.00. The van der Waals surface area contributed by atoms with Gasteiger partial charge in [0.25, 0.3) is 0 Å². The Morgan fingerprint density at radius 2 is 0.968 bits per heavy atom. The van der Waals surface area contributed by atoms with Crippen LogP contribution in [-0.2, 0) is 0 Å². The first-order chi connectivity index (χ1) is 15.2. The largest absolute Gasteiger partial charge is 0.397 e. The monoisotopic (exact) mass is 396 g/mol. The van der Waals surface area contributed by atoms with Crippen LogP contribution >= 0.6 is 0 Å². The van der Waals surface area contributed by atoms with Gasteiger partial charge >= 0.3 is 0 Å².